The number of rotatable bonds is 6. The highest BCUT2D eigenvalue weighted by Gasteiger charge is 2.19. The van der Waals surface area contributed by atoms with Gasteiger partial charge in [0.05, 0.1) is 0 Å². The van der Waals surface area contributed by atoms with Crippen LogP contribution in [-0.4, -0.2) is 34.6 Å². The molecule has 1 aliphatic heterocycles. The minimum atomic E-state index is -0.860. The average Bonchev–Trinajstić information content (AvgIpc) is 3.15. The SMILES string of the molecule is O=C(c1ccc(COc2ccc(ON(O)F)cc2)cc1)N1CCCC1. The van der Waals surface area contributed by atoms with E-state index >= 15 is 0 Å². The molecular weight excluding hydrogens is 327 g/mol. The van der Waals surface area contributed by atoms with Crippen LogP contribution < -0.4 is 9.57 Å². The van der Waals surface area contributed by atoms with E-state index in [0.29, 0.717) is 17.9 Å². The fourth-order valence-corrected chi connectivity index (χ4v) is 2.70. The molecule has 3 rings (SSSR count). The van der Waals surface area contributed by atoms with Crippen LogP contribution in [0.25, 0.3) is 0 Å². The van der Waals surface area contributed by atoms with Gasteiger partial charge in [0.15, 0.2) is 11.2 Å². The van der Waals surface area contributed by atoms with Crippen LogP contribution in [-0.2, 0) is 6.61 Å². The fourth-order valence-electron chi connectivity index (χ4n) is 2.70. The summed E-state index contributed by atoms with van der Waals surface area (Å²) in [6.45, 7) is 2.01. The lowest BCUT2D eigenvalue weighted by molar-refractivity contribution is -0.397. The highest BCUT2D eigenvalue weighted by atomic mass is 19.2. The van der Waals surface area contributed by atoms with E-state index in [9.17, 15) is 9.28 Å². The predicted molar refractivity (Wildman–Crippen MR) is 87.7 cm³/mol. The third-order valence-electron chi connectivity index (χ3n) is 4.00. The summed E-state index contributed by atoms with van der Waals surface area (Å²) in [7, 11) is 0. The molecule has 1 fully saturated rings. The molecule has 6 nitrogen and oxygen atoms in total. The topological polar surface area (TPSA) is 62.2 Å². The Bertz CT molecular complexity index is 698. The third-order valence-corrected chi connectivity index (χ3v) is 4.00. The van der Waals surface area contributed by atoms with Crippen molar-refractivity contribution in [1.29, 1.82) is 0 Å². The van der Waals surface area contributed by atoms with E-state index in [4.69, 9.17) is 9.94 Å². The van der Waals surface area contributed by atoms with Crippen molar-refractivity contribution in [3.63, 3.8) is 0 Å². The van der Waals surface area contributed by atoms with Crippen molar-refractivity contribution in [1.82, 2.24) is 10.3 Å². The first kappa shape index (κ1) is 17.2. The van der Waals surface area contributed by atoms with Gasteiger partial charge in [-0.25, -0.2) is 0 Å². The second-order valence-electron chi connectivity index (χ2n) is 5.77. The van der Waals surface area contributed by atoms with Gasteiger partial charge in [-0.05, 0) is 54.8 Å². The smallest absolute Gasteiger partial charge is 0.253 e. The second-order valence-corrected chi connectivity index (χ2v) is 5.77. The van der Waals surface area contributed by atoms with E-state index in [1.165, 1.54) is 12.1 Å². The molecule has 7 heteroatoms. The zero-order valence-electron chi connectivity index (χ0n) is 13.6. The van der Waals surface area contributed by atoms with Crippen molar-refractivity contribution in [2.75, 3.05) is 13.1 Å². The third kappa shape index (κ3) is 4.68. The van der Waals surface area contributed by atoms with Crippen molar-refractivity contribution in [3.8, 4) is 11.5 Å². The Labute approximate surface area is 144 Å². The fraction of sp³-hybridized carbons (Fsp3) is 0.278. The summed E-state index contributed by atoms with van der Waals surface area (Å²) in [5.74, 6) is 0.793. The van der Waals surface area contributed by atoms with Crippen molar-refractivity contribution in [2.24, 2.45) is 0 Å². The predicted octanol–water partition coefficient (Wildman–Crippen LogP) is 3.37. The molecule has 25 heavy (non-hydrogen) atoms. The van der Waals surface area contributed by atoms with Crippen LogP contribution in [0.2, 0.25) is 0 Å². The van der Waals surface area contributed by atoms with Gasteiger partial charge in [-0.2, -0.15) is 0 Å². The van der Waals surface area contributed by atoms with Crippen LogP contribution in [0.3, 0.4) is 0 Å². The summed E-state index contributed by atoms with van der Waals surface area (Å²) >= 11 is 0. The van der Waals surface area contributed by atoms with Crippen molar-refractivity contribution in [3.05, 3.63) is 59.7 Å². The lowest BCUT2D eigenvalue weighted by Gasteiger charge is -2.15. The molecule has 1 heterocycles. The lowest BCUT2D eigenvalue weighted by atomic mass is 10.1. The van der Waals surface area contributed by atoms with E-state index in [1.54, 1.807) is 12.1 Å². The first-order chi connectivity index (χ1) is 12.1. The molecule has 1 N–H and O–H groups in total. The van der Waals surface area contributed by atoms with E-state index in [-0.39, 0.29) is 11.7 Å². The van der Waals surface area contributed by atoms with Crippen LogP contribution in [0, 0.1) is 0 Å². The summed E-state index contributed by atoms with van der Waals surface area (Å²) in [4.78, 5) is 18.5. The van der Waals surface area contributed by atoms with Gasteiger partial charge >= 0.3 is 0 Å². The molecule has 132 valence electrons. The van der Waals surface area contributed by atoms with Gasteiger partial charge in [-0.15, -0.1) is 0 Å². The molecule has 0 unspecified atom stereocenters. The first-order valence-corrected chi connectivity index (χ1v) is 8.06. The van der Waals surface area contributed by atoms with Crippen LogP contribution in [0.1, 0.15) is 28.8 Å². The number of nitrogens with zero attached hydrogens (tertiary/aromatic N) is 2. The van der Waals surface area contributed by atoms with E-state index in [2.05, 4.69) is 4.84 Å². The van der Waals surface area contributed by atoms with Crippen molar-refractivity contribution < 1.29 is 24.1 Å². The number of amides is 1. The molecule has 1 aliphatic rings. The highest BCUT2D eigenvalue weighted by molar-refractivity contribution is 5.94. The number of hydrogen-bond donors (Lipinski definition) is 1. The average molecular weight is 346 g/mol. The molecule has 0 bridgehead atoms. The minimum absolute atomic E-state index is 0.0753. The monoisotopic (exact) mass is 346 g/mol. The molecule has 0 saturated carbocycles. The first-order valence-electron chi connectivity index (χ1n) is 8.06. The molecule has 0 atom stereocenters. The summed E-state index contributed by atoms with van der Waals surface area (Å²) in [5, 5.41) is 8.34. The number of hydrogen-bond acceptors (Lipinski definition) is 5. The molecule has 2 aromatic carbocycles. The van der Waals surface area contributed by atoms with Gasteiger partial charge < -0.3 is 14.5 Å². The number of carbonyl (C=O) groups excluding carboxylic acids is 1. The zero-order valence-corrected chi connectivity index (χ0v) is 13.6. The van der Waals surface area contributed by atoms with Crippen LogP contribution in [0.5, 0.6) is 11.5 Å². The van der Waals surface area contributed by atoms with Gasteiger partial charge in [0, 0.05) is 18.7 Å². The van der Waals surface area contributed by atoms with E-state index in [1.807, 2.05) is 29.2 Å². The Hall–Kier alpha value is -2.64. The van der Waals surface area contributed by atoms with Crippen LogP contribution >= 0.6 is 0 Å². The molecule has 0 aromatic heterocycles. The van der Waals surface area contributed by atoms with Crippen LogP contribution in [0.4, 0.5) is 4.48 Å². The zero-order chi connectivity index (χ0) is 17.6. The van der Waals surface area contributed by atoms with Gasteiger partial charge in [-0.3, -0.25) is 10.0 Å². The van der Waals surface area contributed by atoms with E-state index in [0.717, 1.165) is 31.5 Å². The van der Waals surface area contributed by atoms with Crippen molar-refractivity contribution in [2.45, 2.75) is 19.4 Å². The Balaban J connectivity index is 1.54. The second kappa shape index (κ2) is 7.96. The Kier molecular flexibility index (Phi) is 5.47. The highest BCUT2D eigenvalue weighted by Crippen LogP contribution is 2.20. The standard InChI is InChI=1S/C18H19FN2O4/c19-21(23)25-17-9-7-16(8-10-17)24-13-14-3-5-15(6-4-14)18(22)20-11-1-2-12-20/h3-10,23H,1-2,11-13H2. The number of benzene rings is 2. The summed E-state index contributed by atoms with van der Waals surface area (Å²) < 4.78 is 17.8. The number of likely N-dealkylation sites (tertiary alicyclic amines) is 1. The number of ether oxygens (including phenoxy) is 1. The van der Waals surface area contributed by atoms with Crippen molar-refractivity contribution >= 4 is 5.91 Å². The summed E-state index contributed by atoms with van der Waals surface area (Å²) in [5.41, 5.74) is 0.761. The maximum Gasteiger partial charge on any atom is 0.253 e. The Morgan fingerprint density at radius 1 is 1.04 bits per heavy atom. The van der Waals surface area contributed by atoms with Crippen LogP contribution in [0.15, 0.2) is 48.5 Å². The largest absolute Gasteiger partial charge is 0.489 e. The Morgan fingerprint density at radius 2 is 1.64 bits per heavy atom. The molecule has 0 radical (unpaired) electrons. The summed E-state index contributed by atoms with van der Waals surface area (Å²) in [6, 6.07) is 13.5. The number of carbonyl (C=O) groups is 1. The molecule has 0 aliphatic carbocycles. The molecule has 0 spiro atoms. The maximum atomic E-state index is 12.3. The van der Waals surface area contributed by atoms with E-state index < -0.39 is 5.45 Å². The molecule has 1 saturated heterocycles. The van der Waals surface area contributed by atoms with Gasteiger partial charge in [0.1, 0.15) is 12.4 Å². The summed E-state index contributed by atoms with van der Waals surface area (Å²) in [6.07, 6.45) is 2.15. The molecule has 2 aromatic rings. The van der Waals surface area contributed by atoms with Gasteiger partial charge in [-0.1, -0.05) is 16.6 Å². The molecule has 1 amide bonds. The minimum Gasteiger partial charge on any atom is -0.489 e. The van der Waals surface area contributed by atoms with Gasteiger partial charge in [0.25, 0.3) is 5.91 Å². The maximum absolute atomic E-state index is 12.3. The quantitative estimate of drug-likeness (QED) is 0.642. The lowest BCUT2D eigenvalue weighted by Crippen LogP contribution is -2.27. The van der Waals surface area contributed by atoms with Gasteiger partial charge in [0.2, 0.25) is 0 Å². The Morgan fingerprint density at radius 3 is 2.24 bits per heavy atom. The normalized spacial score (nSPS) is 14.0. The molecular formula is C18H19FN2O4. The number of halogens is 1.